The second-order valence-electron chi connectivity index (χ2n) is 6.03. The molecule has 0 unspecified atom stereocenters. The monoisotopic (exact) mass is 343 g/mol. The van der Waals surface area contributed by atoms with Crippen molar-refractivity contribution in [1.29, 1.82) is 0 Å². The standard InChI is InChI=1S/C18H21N3O4/c1-11(2)21-9-13(16(22)14(10-21)18(24)25)17(23)20-8-6-15-12(3)5-4-7-19-15/h4-5,7,9-11H,6,8H2,1-3H3,(H,20,23)(H,24,25). The van der Waals surface area contributed by atoms with E-state index in [0.717, 1.165) is 11.3 Å². The summed E-state index contributed by atoms with van der Waals surface area (Å²) >= 11 is 0. The Bertz CT molecular complexity index is 856. The predicted molar refractivity (Wildman–Crippen MR) is 93.1 cm³/mol. The van der Waals surface area contributed by atoms with Crippen LogP contribution in [0.15, 0.2) is 35.5 Å². The first-order valence-electron chi connectivity index (χ1n) is 7.99. The number of nitrogens with one attached hydrogen (secondary N) is 1. The van der Waals surface area contributed by atoms with Crippen LogP contribution in [0.4, 0.5) is 0 Å². The highest BCUT2D eigenvalue weighted by atomic mass is 16.4. The van der Waals surface area contributed by atoms with Crippen LogP contribution in [-0.4, -0.2) is 33.1 Å². The molecule has 0 aromatic carbocycles. The van der Waals surface area contributed by atoms with Crippen LogP contribution in [0.2, 0.25) is 0 Å². The Hall–Kier alpha value is -2.96. The minimum atomic E-state index is -1.35. The van der Waals surface area contributed by atoms with Crippen LogP contribution < -0.4 is 10.7 Å². The molecule has 0 aliphatic heterocycles. The summed E-state index contributed by atoms with van der Waals surface area (Å²) in [6.07, 6.45) is 4.85. The molecular weight excluding hydrogens is 322 g/mol. The van der Waals surface area contributed by atoms with Gasteiger partial charge in [0, 0.05) is 43.3 Å². The van der Waals surface area contributed by atoms with Gasteiger partial charge in [-0.2, -0.15) is 0 Å². The molecule has 0 spiro atoms. The fraction of sp³-hybridized carbons (Fsp3) is 0.333. The van der Waals surface area contributed by atoms with Crippen LogP contribution in [0, 0.1) is 6.92 Å². The van der Waals surface area contributed by atoms with Crippen LogP contribution in [0.3, 0.4) is 0 Å². The van der Waals surface area contributed by atoms with Gasteiger partial charge in [0.2, 0.25) is 5.43 Å². The van der Waals surface area contributed by atoms with Crippen LogP contribution in [0.25, 0.3) is 0 Å². The summed E-state index contributed by atoms with van der Waals surface area (Å²) < 4.78 is 1.54. The molecule has 2 N–H and O–H groups in total. The van der Waals surface area contributed by atoms with Crippen molar-refractivity contribution in [2.24, 2.45) is 0 Å². The van der Waals surface area contributed by atoms with Crippen molar-refractivity contribution in [3.05, 3.63) is 63.3 Å². The number of carboxylic acid groups (broad SMARTS) is 1. The number of pyridine rings is 2. The Labute approximate surface area is 145 Å². The molecule has 0 saturated carbocycles. The highest BCUT2D eigenvalue weighted by molar-refractivity contribution is 5.96. The van der Waals surface area contributed by atoms with Gasteiger partial charge in [-0.1, -0.05) is 6.07 Å². The lowest BCUT2D eigenvalue weighted by Crippen LogP contribution is -2.33. The third-order valence-corrected chi connectivity index (χ3v) is 3.88. The van der Waals surface area contributed by atoms with Crippen LogP contribution in [0.5, 0.6) is 0 Å². The summed E-state index contributed by atoms with van der Waals surface area (Å²) in [5.74, 6) is -1.94. The quantitative estimate of drug-likeness (QED) is 0.833. The largest absolute Gasteiger partial charge is 0.477 e. The summed E-state index contributed by atoms with van der Waals surface area (Å²) in [6.45, 7) is 5.90. The van der Waals surface area contributed by atoms with Crippen LogP contribution in [-0.2, 0) is 6.42 Å². The summed E-state index contributed by atoms with van der Waals surface area (Å²) in [4.78, 5) is 40.1. The van der Waals surface area contributed by atoms with E-state index in [1.807, 2.05) is 32.9 Å². The second kappa shape index (κ2) is 7.74. The molecule has 7 nitrogen and oxygen atoms in total. The van der Waals surface area contributed by atoms with Gasteiger partial charge in [0.1, 0.15) is 11.1 Å². The van der Waals surface area contributed by atoms with Crippen molar-refractivity contribution >= 4 is 11.9 Å². The summed E-state index contributed by atoms with van der Waals surface area (Å²) in [5.41, 5.74) is 0.512. The average molecular weight is 343 g/mol. The molecule has 0 atom stereocenters. The van der Waals surface area contributed by atoms with Gasteiger partial charge in [0.25, 0.3) is 5.91 Å². The van der Waals surface area contributed by atoms with Crippen molar-refractivity contribution < 1.29 is 14.7 Å². The van der Waals surface area contributed by atoms with Gasteiger partial charge in [-0.25, -0.2) is 4.79 Å². The lowest BCUT2D eigenvalue weighted by molar-refractivity contribution is 0.0694. The topological polar surface area (TPSA) is 101 Å². The normalized spacial score (nSPS) is 10.7. The van der Waals surface area contributed by atoms with Gasteiger partial charge < -0.3 is 15.0 Å². The van der Waals surface area contributed by atoms with Gasteiger partial charge in [-0.15, -0.1) is 0 Å². The van der Waals surface area contributed by atoms with Gasteiger partial charge in [-0.3, -0.25) is 14.6 Å². The number of aryl methyl sites for hydroxylation is 1. The highest BCUT2D eigenvalue weighted by Gasteiger charge is 2.19. The third kappa shape index (κ3) is 4.32. The van der Waals surface area contributed by atoms with E-state index in [1.165, 1.54) is 12.4 Å². The third-order valence-electron chi connectivity index (χ3n) is 3.88. The molecule has 2 rings (SSSR count). The Morgan fingerprint density at radius 2 is 1.96 bits per heavy atom. The lowest BCUT2D eigenvalue weighted by atomic mass is 10.1. The number of hydrogen-bond acceptors (Lipinski definition) is 4. The number of hydrogen-bond donors (Lipinski definition) is 2. The molecule has 2 heterocycles. The summed E-state index contributed by atoms with van der Waals surface area (Å²) in [6, 6.07) is 3.69. The molecule has 0 aliphatic rings. The van der Waals surface area contributed by atoms with E-state index in [0.29, 0.717) is 13.0 Å². The Morgan fingerprint density at radius 3 is 2.56 bits per heavy atom. The van der Waals surface area contributed by atoms with E-state index in [9.17, 15) is 19.5 Å². The zero-order valence-electron chi connectivity index (χ0n) is 14.4. The van der Waals surface area contributed by atoms with Gasteiger partial charge >= 0.3 is 5.97 Å². The van der Waals surface area contributed by atoms with E-state index < -0.39 is 22.9 Å². The number of rotatable bonds is 6. The van der Waals surface area contributed by atoms with Gasteiger partial charge in [0.05, 0.1) is 0 Å². The van der Waals surface area contributed by atoms with E-state index in [2.05, 4.69) is 10.3 Å². The number of aromatic nitrogens is 2. The van der Waals surface area contributed by atoms with Crippen molar-refractivity contribution in [2.75, 3.05) is 6.54 Å². The van der Waals surface area contributed by atoms with Gasteiger partial charge in [0.15, 0.2) is 0 Å². The van der Waals surface area contributed by atoms with E-state index >= 15 is 0 Å². The molecule has 25 heavy (non-hydrogen) atoms. The summed E-state index contributed by atoms with van der Waals surface area (Å²) in [7, 11) is 0. The highest BCUT2D eigenvalue weighted by Crippen LogP contribution is 2.07. The average Bonchev–Trinajstić information content (AvgIpc) is 2.56. The van der Waals surface area contributed by atoms with Crippen molar-refractivity contribution in [3.63, 3.8) is 0 Å². The fourth-order valence-electron chi connectivity index (χ4n) is 2.38. The predicted octanol–water partition coefficient (Wildman–Crippen LogP) is 1.80. The SMILES string of the molecule is Cc1cccnc1CCNC(=O)c1cn(C(C)C)cc(C(=O)O)c1=O. The lowest BCUT2D eigenvalue weighted by Gasteiger charge is -2.14. The van der Waals surface area contributed by atoms with E-state index in [1.54, 1.807) is 10.8 Å². The number of amides is 1. The van der Waals surface area contributed by atoms with Crippen molar-refractivity contribution in [3.8, 4) is 0 Å². The Morgan fingerprint density at radius 1 is 1.28 bits per heavy atom. The molecule has 0 fully saturated rings. The molecule has 2 aromatic rings. The first-order valence-corrected chi connectivity index (χ1v) is 7.99. The first kappa shape index (κ1) is 18.4. The molecule has 7 heteroatoms. The van der Waals surface area contributed by atoms with E-state index in [-0.39, 0.29) is 11.6 Å². The Balaban J connectivity index is 2.19. The Kier molecular flexibility index (Phi) is 5.69. The van der Waals surface area contributed by atoms with Crippen molar-refractivity contribution in [2.45, 2.75) is 33.2 Å². The maximum absolute atomic E-state index is 12.4. The van der Waals surface area contributed by atoms with Crippen molar-refractivity contribution in [1.82, 2.24) is 14.9 Å². The molecule has 0 saturated heterocycles. The number of carboxylic acids is 1. The minimum Gasteiger partial charge on any atom is -0.477 e. The first-order chi connectivity index (χ1) is 11.8. The van der Waals surface area contributed by atoms with Crippen LogP contribution in [0.1, 0.15) is 51.9 Å². The van der Waals surface area contributed by atoms with E-state index in [4.69, 9.17) is 0 Å². The zero-order chi connectivity index (χ0) is 18.6. The minimum absolute atomic E-state index is 0.0820. The number of carbonyl (C=O) groups is 2. The zero-order valence-corrected chi connectivity index (χ0v) is 14.4. The molecule has 0 aliphatic carbocycles. The maximum atomic E-state index is 12.4. The molecule has 0 bridgehead atoms. The number of nitrogens with zero attached hydrogens (tertiary/aromatic N) is 2. The number of aromatic carboxylic acids is 1. The fourth-order valence-corrected chi connectivity index (χ4v) is 2.38. The van der Waals surface area contributed by atoms with Crippen LogP contribution >= 0.6 is 0 Å². The smallest absolute Gasteiger partial charge is 0.341 e. The van der Waals surface area contributed by atoms with Gasteiger partial charge in [-0.05, 0) is 32.4 Å². The molecular formula is C18H21N3O4. The molecule has 0 radical (unpaired) electrons. The molecule has 1 amide bonds. The maximum Gasteiger partial charge on any atom is 0.341 e. The summed E-state index contributed by atoms with van der Waals surface area (Å²) in [5, 5.41) is 11.8. The second-order valence-corrected chi connectivity index (χ2v) is 6.03. The number of carbonyl (C=O) groups excluding carboxylic acids is 1. The molecule has 2 aromatic heterocycles. The molecule has 132 valence electrons.